The number of halogens is 2. The number of carbonyl (C=O) groups excluding carboxylic acids is 1. The number of hydrogen-bond donors (Lipinski definition) is 2. The number of rotatable bonds is 2. The number of nitrogens with one attached hydrogen (secondary N) is 1. The van der Waals surface area contributed by atoms with Crippen LogP contribution in [0.3, 0.4) is 0 Å². The molecule has 2 aromatic rings. The number of imidazole rings is 1. The Hall–Kier alpha value is -1.72. The Morgan fingerprint density at radius 3 is 2.83 bits per heavy atom. The fourth-order valence-corrected chi connectivity index (χ4v) is 3.02. The molecule has 124 valence electrons. The molecule has 1 amide bonds. The highest BCUT2D eigenvalue weighted by Gasteiger charge is 2.29. The van der Waals surface area contributed by atoms with Crippen LogP contribution in [0.4, 0.5) is 11.4 Å². The first-order valence-corrected chi connectivity index (χ1v) is 7.48. The molecule has 23 heavy (non-hydrogen) atoms. The summed E-state index contributed by atoms with van der Waals surface area (Å²) in [6, 6.07) is 5.78. The Kier molecular flexibility index (Phi) is 5.22. The average molecular weight is 355 g/mol. The quantitative estimate of drug-likeness (QED) is 0.812. The molecule has 1 aromatic heterocycles. The number of benzene rings is 1. The molecule has 1 aliphatic heterocycles. The molecule has 1 saturated carbocycles. The lowest BCUT2D eigenvalue weighted by molar-refractivity contribution is 0.0980. The fourth-order valence-electron chi connectivity index (χ4n) is 3.02. The van der Waals surface area contributed by atoms with E-state index in [1.165, 1.54) is 12.8 Å². The van der Waals surface area contributed by atoms with Gasteiger partial charge in [-0.2, -0.15) is 0 Å². The third kappa shape index (κ3) is 3.16. The second-order valence-corrected chi connectivity index (χ2v) is 5.86. The van der Waals surface area contributed by atoms with E-state index in [9.17, 15) is 4.79 Å². The number of nitrogens with two attached hydrogens (primary N) is 1. The van der Waals surface area contributed by atoms with Gasteiger partial charge in [0.1, 0.15) is 11.5 Å². The van der Waals surface area contributed by atoms with E-state index < -0.39 is 0 Å². The van der Waals surface area contributed by atoms with Crippen molar-refractivity contribution in [2.75, 3.05) is 17.2 Å². The summed E-state index contributed by atoms with van der Waals surface area (Å²) in [5.74, 6) is 1.46. The normalized spacial score (nSPS) is 16.1. The molecule has 4 rings (SSSR count). The number of amides is 1. The number of nitrogens with zero attached hydrogens (tertiary/aromatic N) is 2. The van der Waals surface area contributed by atoms with Crippen molar-refractivity contribution in [2.24, 2.45) is 0 Å². The summed E-state index contributed by atoms with van der Waals surface area (Å²) in [7, 11) is 0. The number of aromatic nitrogens is 2. The zero-order valence-corrected chi connectivity index (χ0v) is 14.3. The van der Waals surface area contributed by atoms with Crippen LogP contribution in [-0.2, 0) is 6.42 Å². The minimum Gasteiger partial charge on any atom is -0.398 e. The SMILES string of the molecule is Cl.Cl.Nc1cccc2c1CCCN2C(=O)c1cnc(C2CC2)[nH]1. The Morgan fingerprint density at radius 2 is 2.09 bits per heavy atom. The van der Waals surface area contributed by atoms with Gasteiger partial charge in [-0.15, -0.1) is 24.8 Å². The molecule has 2 aliphatic rings. The molecular formula is C16H20Cl2N4O. The van der Waals surface area contributed by atoms with Crippen LogP contribution in [0.25, 0.3) is 0 Å². The number of H-pyrrole nitrogens is 1. The molecule has 1 aromatic carbocycles. The summed E-state index contributed by atoms with van der Waals surface area (Å²) < 4.78 is 0. The van der Waals surface area contributed by atoms with Crippen LogP contribution >= 0.6 is 24.8 Å². The molecule has 0 bridgehead atoms. The first-order chi connectivity index (χ1) is 10.2. The third-order valence-electron chi connectivity index (χ3n) is 4.32. The maximum absolute atomic E-state index is 12.7. The highest BCUT2D eigenvalue weighted by molar-refractivity contribution is 6.05. The molecule has 7 heteroatoms. The summed E-state index contributed by atoms with van der Waals surface area (Å²) in [5.41, 5.74) is 9.41. The zero-order chi connectivity index (χ0) is 14.4. The summed E-state index contributed by atoms with van der Waals surface area (Å²) in [6.07, 6.45) is 5.88. The van der Waals surface area contributed by atoms with Crippen LogP contribution in [0, 0.1) is 0 Å². The molecule has 0 saturated heterocycles. The van der Waals surface area contributed by atoms with Crippen molar-refractivity contribution in [1.82, 2.24) is 9.97 Å². The van der Waals surface area contributed by atoms with Crippen LogP contribution in [-0.4, -0.2) is 22.4 Å². The number of hydrogen-bond acceptors (Lipinski definition) is 3. The molecular weight excluding hydrogens is 335 g/mol. The first kappa shape index (κ1) is 17.6. The maximum atomic E-state index is 12.7. The van der Waals surface area contributed by atoms with Crippen LogP contribution < -0.4 is 10.6 Å². The predicted octanol–water partition coefficient (Wildman–Crippen LogP) is 3.31. The number of aromatic amines is 1. The van der Waals surface area contributed by atoms with Gasteiger partial charge < -0.3 is 15.6 Å². The molecule has 2 heterocycles. The molecule has 1 fully saturated rings. The zero-order valence-electron chi connectivity index (χ0n) is 12.6. The van der Waals surface area contributed by atoms with E-state index in [0.29, 0.717) is 11.6 Å². The second kappa shape index (κ2) is 6.81. The highest BCUT2D eigenvalue weighted by atomic mass is 35.5. The van der Waals surface area contributed by atoms with Gasteiger partial charge in [-0.25, -0.2) is 4.98 Å². The maximum Gasteiger partial charge on any atom is 0.276 e. The van der Waals surface area contributed by atoms with Crippen LogP contribution in [0.2, 0.25) is 0 Å². The third-order valence-corrected chi connectivity index (χ3v) is 4.32. The minimum absolute atomic E-state index is 0. The van der Waals surface area contributed by atoms with Crippen molar-refractivity contribution < 1.29 is 4.79 Å². The van der Waals surface area contributed by atoms with E-state index in [4.69, 9.17) is 5.73 Å². The molecule has 1 aliphatic carbocycles. The van der Waals surface area contributed by atoms with Gasteiger partial charge in [0.2, 0.25) is 0 Å². The lowest BCUT2D eigenvalue weighted by Crippen LogP contribution is -2.36. The number of anilines is 2. The number of fused-ring (bicyclic) bond motifs is 1. The van der Waals surface area contributed by atoms with E-state index in [1.54, 1.807) is 6.20 Å². The van der Waals surface area contributed by atoms with Gasteiger partial charge >= 0.3 is 0 Å². The second-order valence-electron chi connectivity index (χ2n) is 5.86. The van der Waals surface area contributed by atoms with Gasteiger partial charge in [0, 0.05) is 23.8 Å². The Morgan fingerprint density at radius 1 is 1.30 bits per heavy atom. The van der Waals surface area contributed by atoms with Gasteiger partial charge in [0.05, 0.1) is 6.20 Å². The lowest BCUT2D eigenvalue weighted by Gasteiger charge is -2.29. The molecule has 5 nitrogen and oxygen atoms in total. The first-order valence-electron chi connectivity index (χ1n) is 7.48. The van der Waals surface area contributed by atoms with Crippen molar-refractivity contribution in [3.63, 3.8) is 0 Å². The van der Waals surface area contributed by atoms with E-state index >= 15 is 0 Å². The van der Waals surface area contributed by atoms with Crippen molar-refractivity contribution in [3.05, 3.63) is 41.5 Å². The van der Waals surface area contributed by atoms with Gasteiger partial charge in [-0.3, -0.25) is 4.79 Å². The summed E-state index contributed by atoms with van der Waals surface area (Å²) in [6.45, 7) is 0.729. The number of carbonyl (C=O) groups is 1. The Labute approximate surface area is 147 Å². The van der Waals surface area contributed by atoms with E-state index in [1.807, 2.05) is 23.1 Å². The Balaban J connectivity index is 0.000000960. The molecule has 0 atom stereocenters. The minimum atomic E-state index is -0.0130. The van der Waals surface area contributed by atoms with Crippen LogP contribution in [0.15, 0.2) is 24.4 Å². The van der Waals surface area contributed by atoms with Crippen LogP contribution in [0.5, 0.6) is 0 Å². The molecule has 0 spiro atoms. The van der Waals surface area contributed by atoms with E-state index in [0.717, 1.165) is 42.1 Å². The van der Waals surface area contributed by atoms with Crippen molar-refractivity contribution in [2.45, 2.75) is 31.6 Å². The van der Waals surface area contributed by atoms with Gasteiger partial charge in [-0.1, -0.05) is 6.07 Å². The smallest absolute Gasteiger partial charge is 0.276 e. The molecule has 0 unspecified atom stereocenters. The van der Waals surface area contributed by atoms with Crippen LogP contribution in [0.1, 0.15) is 47.1 Å². The lowest BCUT2D eigenvalue weighted by atomic mass is 9.99. The van der Waals surface area contributed by atoms with Crippen molar-refractivity contribution >= 4 is 42.1 Å². The van der Waals surface area contributed by atoms with E-state index in [-0.39, 0.29) is 30.7 Å². The Bertz CT molecular complexity index is 712. The van der Waals surface area contributed by atoms with Crippen molar-refractivity contribution in [3.8, 4) is 0 Å². The largest absolute Gasteiger partial charge is 0.398 e. The van der Waals surface area contributed by atoms with Gasteiger partial charge in [0.25, 0.3) is 5.91 Å². The number of nitrogen functional groups attached to an aromatic ring is 1. The average Bonchev–Trinajstić information content (AvgIpc) is 3.24. The highest BCUT2D eigenvalue weighted by Crippen LogP contribution is 2.38. The topological polar surface area (TPSA) is 75.0 Å². The summed E-state index contributed by atoms with van der Waals surface area (Å²) in [4.78, 5) is 22.1. The fraction of sp³-hybridized carbons (Fsp3) is 0.375. The van der Waals surface area contributed by atoms with Gasteiger partial charge in [-0.05, 0) is 43.4 Å². The predicted molar refractivity (Wildman–Crippen MR) is 95.9 cm³/mol. The molecule has 3 N–H and O–H groups in total. The molecule has 0 radical (unpaired) electrons. The monoisotopic (exact) mass is 354 g/mol. The summed E-state index contributed by atoms with van der Waals surface area (Å²) >= 11 is 0. The van der Waals surface area contributed by atoms with Gasteiger partial charge in [0.15, 0.2) is 0 Å². The standard InChI is InChI=1S/C16H18N4O.2ClH/c17-12-4-1-5-14-11(12)3-2-8-20(14)16(21)13-9-18-15(19-13)10-6-7-10;;/h1,4-5,9-10H,2-3,6-8,17H2,(H,18,19);2*1H. The van der Waals surface area contributed by atoms with Crippen molar-refractivity contribution in [1.29, 1.82) is 0 Å². The van der Waals surface area contributed by atoms with E-state index in [2.05, 4.69) is 9.97 Å². The summed E-state index contributed by atoms with van der Waals surface area (Å²) in [5, 5.41) is 0.